The number of benzene rings is 1. The van der Waals surface area contributed by atoms with Gasteiger partial charge in [-0.2, -0.15) is 0 Å². The van der Waals surface area contributed by atoms with Gasteiger partial charge in [0, 0.05) is 0 Å². The molecule has 0 radical (unpaired) electrons. The zero-order chi connectivity index (χ0) is 14.3. The Morgan fingerprint density at radius 1 is 1.16 bits per heavy atom. The molecule has 0 aromatic heterocycles. The summed E-state index contributed by atoms with van der Waals surface area (Å²) >= 11 is 6.23. The Bertz CT molecular complexity index is 393. The van der Waals surface area contributed by atoms with E-state index in [1.807, 2.05) is 26.8 Å². The van der Waals surface area contributed by atoms with Crippen LogP contribution >= 0.6 is 11.6 Å². The molecule has 0 saturated heterocycles. The van der Waals surface area contributed by atoms with Gasteiger partial charge in [-0.3, -0.25) is 0 Å². The van der Waals surface area contributed by atoms with Crippen LogP contribution in [0.4, 0.5) is 0 Å². The number of hydrogen-bond donors (Lipinski definition) is 1. The van der Waals surface area contributed by atoms with Gasteiger partial charge in [0.2, 0.25) is 0 Å². The van der Waals surface area contributed by atoms with Crippen LogP contribution in [0.2, 0.25) is 5.02 Å². The van der Waals surface area contributed by atoms with Crippen molar-refractivity contribution in [2.75, 3.05) is 13.2 Å². The molecular formula is C15H23ClO3. The van der Waals surface area contributed by atoms with Gasteiger partial charge in [-0.1, -0.05) is 31.9 Å². The van der Waals surface area contributed by atoms with Gasteiger partial charge in [-0.05, 0) is 37.5 Å². The summed E-state index contributed by atoms with van der Waals surface area (Å²) in [6.07, 6.45) is 2.01. The summed E-state index contributed by atoms with van der Waals surface area (Å²) in [7, 11) is 0. The number of aliphatic hydroxyl groups is 1. The fourth-order valence-corrected chi connectivity index (χ4v) is 2.10. The van der Waals surface area contributed by atoms with E-state index in [1.54, 1.807) is 6.07 Å². The van der Waals surface area contributed by atoms with Crippen LogP contribution in [-0.2, 0) is 0 Å². The average molecular weight is 287 g/mol. The number of rotatable bonds is 8. The average Bonchev–Trinajstić information content (AvgIpc) is 2.38. The van der Waals surface area contributed by atoms with Crippen molar-refractivity contribution in [3.8, 4) is 11.5 Å². The van der Waals surface area contributed by atoms with Crippen LogP contribution < -0.4 is 9.47 Å². The van der Waals surface area contributed by atoms with E-state index >= 15 is 0 Å². The monoisotopic (exact) mass is 286 g/mol. The molecule has 0 aliphatic carbocycles. The van der Waals surface area contributed by atoms with Crippen LogP contribution in [0.15, 0.2) is 12.1 Å². The van der Waals surface area contributed by atoms with Crippen molar-refractivity contribution in [2.45, 2.75) is 46.1 Å². The molecule has 0 spiro atoms. The minimum Gasteiger partial charge on any atom is -0.490 e. The largest absolute Gasteiger partial charge is 0.490 e. The molecule has 0 aliphatic heterocycles. The fourth-order valence-electron chi connectivity index (χ4n) is 1.83. The topological polar surface area (TPSA) is 38.7 Å². The maximum absolute atomic E-state index is 10.0. The second-order valence-electron chi connectivity index (χ2n) is 4.42. The van der Waals surface area contributed by atoms with Crippen LogP contribution in [0, 0.1) is 0 Å². The summed E-state index contributed by atoms with van der Waals surface area (Å²) in [6, 6.07) is 3.58. The molecule has 108 valence electrons. The predicted molar refractivity (Wildman–Crippen MR) is 78.3 cm³/mol. The quantitative estimate of drug-likeness (QED) is 0.771. The van der Waals surface area contributed by atoms with Crippen molar-refractivity contribution in [1.82, 2.24) is 0 Å². The number of aliphatic hydroxyl groups excluding tert-OH is 1. The molecule has 0 bridgehead atoms. The molecule has 3 nitrogen and oxygen atoms in total. The summed E-state index contributed by atoms with van der Waals surface area (Å²) in [5, 5.41) is 10.5. The Balaban J connectivity index is 3.05. The molecule has 0 fully saturated rings. The minimum absolute atomic E-state index is 0.490. The maximum Gasteiger partial charge on any atom is 0.179 e. The summed E-state index contributed by atoms with van der Waals surface area (Å²) in [5.41, 5.74) is 0.777. The normalized spacial score (nSPS) is 12.3. The lowest BCUT2D eigenvalue weighted by molar-refractivity contribution is 0.165. The molecule has 0 saturated carbocycles. The van der Waals surface area contributed by atoms with Crippen LogP contribution in [0.1, 0.15) is 51.7 Å². The summed E-state index contributed by atoms with van der Waals surface area (Å²) in [4.78, 5) is 0. The first-order valence-corrected chi connectivity index (χ1v) is 7.28. The van der Waals surface area contributed by atoms with E-state index in [2.05, 4.69) is 0 Å². The Kier molecular flexibility index (Phi) is 7.03. The van der Waals surface area contributed by atoms with E-state index in [1.165, 1.54) is 0 Å². The van der Waals surface area contributed by atoms with Crippen LogP contribution in [-0.4, -0.2) is 18.3 Å². The van der Waals surface area contributed by atoms with E-state index in [-0.39, 0.29) is 0 Å². The van der Waals surface area contributed by atoms with Crippen molar-refractivity contribution in [3.05, 3.63) is 22.7 Å². The van der Waals surface area contributed by atoms with E-state index < -0.39 is 6.10 Å². The first-order valence-electron chi connectivity index (χ1n) is 6.91. The third-order valence-electron chi connectivity index (χ3n) is 2.73. The highest BCUT2D eigenvalue weighted by Crippen LogP contribution is 2.38. The Morgan fingerprint density at radius 2 is 1.89 bits per heavy atom. The second-order valence-corrected chi connectivity index (χ2v) is 4.82. The first kappa shape index (κ1) is 16.1. The van der Waals surface area contributed by atoms with E-state index in [0.717, 1.165) is 18.4 Å². The highest BCUT2D eigenvalue weighted by Gasteiger charge is 2.16. The molecule has 1 aromatic rings. The SMILES string of the molecule is CCCOc1c(Cl)cc(C(O)CCC)cc1OCC. The Morgan fingerprint density at radius 3 is 2.47 bits per heavy atom. The van der Waals surface area contributed by atoms with Crippen molar-refractivity contribution in [3.63, 3.8) is 0 Å². The van der Waals surface area contributed by atoms with Gasteiger partial charge in [0.05, 0.1) is 24.3 Å². The number of halogens is 1. The van der Waals surface area contributed by atoms with Crippen molar-refractivity contribution in [2.24, 2.45) is 0 Å². The van der Waals surface area contributed by atoms with Gasteiger partial charge < -0.3 is 14.6 Å². The summed E-state index contributed by atoms with van der Waals surface area (Å²) in [6.45, 7) is 7.11. The van der Waals surface area contributed by atoms with Crippen molar-refractivity contribution in [1.29, 1.82) is 0 Å². The smallest absolute Gasteiger partial charge is 0.179 e. The molecule has 19 heavy (non-hydrogen) atoms. The fraction of sp³-hybridized carbons (Fsp3) is 0.600. The van der Waals surface area contributed by atoms with Gasteiger partial charge in [-0.25, -0.2) is 0 Å². The molecule has 1 N–H and O–H groups in total. The van der Waals surface area contributed by atoms with E-state index in [9.17, 15) is 5.11 Å². The maximum atomic E-state index is 10.0. The molecule has 1 atom stereocenters. The molecule has 0 amide bonds. The van der Waals surface area contributed by atoms with E-state index in [4.69, 9.17) is 21.1 Å². The van der Waals surface area contributed by atoms with Crippen molar-refractivity contribution < 1.29 is 14.6 Å². The van der Waals surface area contributed by atoms with Gasteiger partial charge in [-0.15, -0.1) is 0 Å². The third-order valence-corrected chi connectivity index (χ3v) is 3.01. The molecule has 0 aliphatic rings. The van der Waals surface area contributed by atoms with Crippen LogP contribution in [0.25, 0.3) is 0 Å². The van der Waals surface area contributed by atoms with Gasteiger partial charge in [0.25, 0.3) is 0 Å². The Hall–Kier alpha value is -0.930. The molecule has 0 heterocycles. The van der Waals surface area contributed by atoms with E-state index in [0.29, 0.717) is 36.2 Å². The summed E-state index contributed by atoms with van der Waals surface area (Å²) in [5.74, 6) is 1.17. The zero-order valence-corrected chi connectivity index (χ0v) is 12.7. The van der Waals surface area contributed by atoms with Crippen LogP contribution in [0.3, 0.4) is 0 Å². The zero-order valence-electron chi connectivity index (χ0n) is 11.9. The standard InChI is InChI=1S/C15H23ClO3/c1-4-7-13(17)11-9-12(16)15(19-8-5-2)14(10-11)18-6-3/h9-10,13,17H,4-8H2,1-3H3. The molecule has 1 rings (SSSR count). The lowest BCUT2D eigenvalue weighted by atomic mass is 10.0. The van der Waals surface area contributed by atoms with Crippen LogP contribution in [0.5, 0.6) is 11.5 Å². The molecular weight excluding hydrogens is 264 g/mol. The highest BCUT2D eigenvalue weighted by atomic mass is 35.5. The minimum atomic E-state index is -0.512. The third kappa shape index (κ3) is 4.59. The summed E-state index contributed by atoms with van der Waals surface area (Å²) < 4.78 is 11.2. The molecule has 4 heteroatoms. The second kappa shape index (κ2) is 8.28. The number of ether oxygens (including phenoxy) is 2. The lowest BCUT2D eigenvalue weighted by Gasteiger charge is -2.17. The predicted octanol–water partition coefficient (Wildman–Crippen LogP) is 4.36. The Labute approximate surface area is 120 Å². The van der Waals surface area contributed by atoms with Gasteiger partial charge in [0.1, 0.15) is 0 Å². The molecule has 1 aromatic carbocycles. The first-order chi connectivity index (χ1) is 9.13. The highest BCUT2D eigenvalue weighted by molar-refractivity contribution is 6.32. The molecule has 1 unspecified atom stereocenters. The van der Waals surface area contributed by atoms with Gasteiger partial charge in [0.15, 0.2) is 11.5 Å². The number of hydrogen-bond acceptors (Lipinski definition) is 3. The lowest BCUT2D eigenvalue weighted by Crippen LogP contribution is -2.03. The van der Waals surface area contributed by atoms with Gasteiger partial charge >= 0.3 is 0 Å². The van der Waals surface area contributed by atoms with Crippen molar-refractivity contribution >= 4 is 11.6 Å².